The fourth-order valence-electron chi connectivity index (χ4n) is 3.44. The number of aromatic nitrogens is 1. The Morgan fingerprint density at radius 2 is 1.90 bits per heavy atom. The highest BCUT2D eigenvalue weighted by Gasteiger charge is 2.27. The number of nitrogens with one attached hydrogen (secondary N) is 1. The van der Waals surface area contributed by atoms with Crippen LogP contribution in [0.5, 0.6) is 0 Å². The number of halogens is 2. The summed E-state index contributed by atoms with van der Waals surface area (Å²) in [7, 11) is 1.72. The van der Waals surface area contributed by atoms with Gasteiger partial charge in [0.1, 0.15) is 17.5 Å². The van der Waals surface area contributed by atoms with Crippen LogP contribution in [0.3, 0.4) is 0 Å². The zero-order valence-electron chi connectivity index (χ0n) is 16.5. The molecule has 30 heavy (non-hydrogen) atoms. The molecule has 1 aromatic carbocycles. The second-order valence-electron chi connectivity index (χ2n) is 7.06. The number of piperidine rings is 1. The van der Waals surface area contributed by atoms with E-state index in [4.69, 9.17) is 0 Å². The van der Waals surface area contributed by atoms with Gasteiger partial charge in [-0.05, 0) is 43.2 Å². The molecule has 1 aromatic heterocycles. The highest BCUT2D eigenvalue weighted by atomic mass is 19.1. The van der Waals surface area contributed by atoms with Gasteiger partial charge in [-0.15, -0.1) is 0 Å². The van der Waals surface area contributed by atoms with Crippen LogP contribution in [-0.2, 0) is 4.79 Å². The summed E-state index contributed by atoms with van der Waals surface area (Å²) in [6.45, 7) is 3.12. The first-order valence-corrected chi connectivity index (χ1v) is 9.62. The SMILES string of the molecule is C.CCC(=O)N1CCC(N(C)C(=O)Nc2ccc(-c3cc(F)ccc3F)cn2)CC1. The first-order valence-electron chi connectivity index (χ1n) is 9.62. The van der Waals surface area contributed by atoms with Gasteiger partial charge in [-0.25, -0.2) is 18.6 Å². The third-order valence-corrected chi connectivity index (χ3v) is 5.23. The topological polar surface area (TPSA) is 65.5 Å². The Kier molecular flexibility index (Phi) is 7.86. The average molecular weight is 418 g/mol. The maximum Gasteiger partial charge on any atom is 0.323 e. The Labute approximate surface area is 175 Å². The highest BCUT2D eigenvalue weighted by molar-refractivity contribution is 5.88. The van der Waals surface area contributed by atoms with Crippen molar-refractivity contribution in [2.45, 2.75) is 39.7 Å². The van der Waals surface area contributed by atoms with Gasteiger partial charge in [0.2, 0.25) is 5.91 Å². The van der Waals surface area contributed by atoms with Crippen molar-refractivity contribution >= 4 is 17.8 Å². The van der Waals surface area contributed by atoms with Crippen molar-refractivity contribution in [3.8, 4) is 11.1 Å². The molecule has 2 heterocycles. The van der Waals surface area contributed by atoms with Gasteiger partial charge in [0.05, 0.1) is 0 Å². The molecule has 0 radical (unpaired) electrons. The van der Waals surface area contributed by atoms with E-state index in [0.29, 0.717) is 30.9 Å². The number of carbonyl (C=O) groups is 2. The fraction of sp³-hybridized carbons (Fsp3) is 0.409. The average Bonchev–Trinajstić information content (AvgIpc) is 2.75. The quantitative estimate of drug-likeness (QED) is 0.794. The molecule has 162 valence electrons. The fourth-order valence-corrected chi connectivity index (χ4v) is 3.44. The monoisotopic (exact) mass is 418 g/mol. The predicted octanol–water partition coefficient (Wildman–Crippen LogP) is 4.53. The van der Waals surface area contributed by atoms with Crippen LogP contribution >= 0.6 is 0 Å². The Bertz CT molecular complexity index is 881. The lowest BCUT2D eigenvalue weighted by atomic mass is 10.0. The molecule has 0 unspecified atom stereocenters. The molecule has 0 aliphatic carbocycles. The number of anilines is 1. The molecule has 1 N–H and O–H groups in total. The van der Waals surface area contributed by atoms with E-state index in [-0.39, 0.29) is 31.0 Å². The maximum absolute atomic E-state index is 13.9. The molecule has 1 saturated heterocycles. The lowest BCUT2D eigenvalue weighted by Gasteiger charge is -2.36. The van der Waals surface area contributed by atoms with Crippen LogP contribution in [0.1, 0.15) is 33.6 Å². The number of benzene rings is 1. The van der Waals surface area contributed by atoms with Crippen molar-refractivity contribution in [2.75, 3.05) is 25.5 Å². The number of hydrogen-bond acceptors (Lipinski definition) is 3. The predicted molar refractivity (Wildman–Crippen MR) is 113 cm³/mol. The first kappa shape index (κ1) is 23.3. The van der Waals surface area contributed by atoms with Gasteiger partial charge in [0, 0.05) is 49.9 Å². The molecule has 1 fully saturated rings. The number of rotatable bonds is 4. The third kappa shape index (κ3) is 5.31. The Balaban J connectivity index is 0.00000320. The number of carbonyl (C=O) groups excluding carboxylic acids is 2. The number of urea groups is 1. The van der Waals surface area contributed by atoms with Crippen molar-refractivity contribution < 1.29 is 18.4 Å². The van der Waals surface area contributed by atoms with E-state index >= 15 is 0 Å². The second kappa shape index (κ2) is 10.1. The van der Waals surface area contributed by atoms with Crippen molar-refractivity contribution in [3.63, 3.8) is 0 Å². The van der Waals surface area contributed by atoms with Crippen LogP contribution in [0.15, 0.2) is 36.5 Å². The minimum Gasteiger partial charge on any atom is -0.343 e. The van der Waals surface area contributed by atoms with Crippen LogP contribution in [0.25, 0.3) is 11.1 Å². The van der Waals surface area contributed by atoms with E-state index in [9.17, 15) is 18.4 Å². The third-order valence-electron chi connectivity index (χ3n) is 5.23. The van der Waals surface area contributed by atoms with Gasteiger partial charge in [0.25, 0.3) is 0 Å². The zero-order valence-corrected chi connectivity index (χ0v) is 16.5. The molecule has 3 rings (SSSR count). The van der Waals surface area contributed by atoms with Gasteiger partial charge < -0.3 is 9.80 Å². The first-order chi connectivity index (χ1) is 13.9. The molecule has 0 atom stereocenters. The largest absolute Gasteiger partial charge is 0.343 e. The second-order valence-corrected chi connectivity index (χ2v) is 7.06. The lowest BCUT2D eigenvalue weighted by molar-refractivity contribution is -0.132. The zero-order chi connectivity index (χ0) is 21.0. The molecule has 3 amide bonds. The molecule has 0 saturated carbocycles. The number of hydrogen-bond donors (Lipinski definition) is 1. The maximum atomic E-state index is 13.9. The number of pyridine rings is 1. The van der Waals surface area contributed by atoms with Gasteiger partial charge in [-0.2, -0.15) is 0 Å². The summed E-state index contributed by atoms with van der Waals surface area (Å²) >= 11 is 0. The summed E-state index contributed by atoms with van der Waals surface area (Å²) < 4.78 is 27.2. The minimum atomic E-state index is -0.544. The highest BCUT2D eigenvalue weighted by Crippen LogP contribution is 2.24. The molecular weight excluding hydrogens is 390 g/mol. The van der Waals surface area contributed by atoms with Gasteiger partial charge in [0.15, 0.2) is 0 Å². The van der Waals surface area contributed by atoms with Crippen molar-refractivity contribution in [2.24, 2.45) is 0 Å². The molecule has 1 aliphatic heterocycles. The van der Waals surface area contributed by atoms with Crippen molar-refractivity contribution in [3.05, 3.63) is 48.2 Å². The smallest absolute Gasteiger partial charge is 0.323 e. The van der Waals surface area contributed by atoms with E-state index in [1.54, 1.807) is 24.1 Å². The van der Waals surface area contributed by atoms with Crippen LogP contribution in [-0.4, -0.2) is 52.9 Å². The van der Waals surface area contributed by atoms with Gasteiger partial charge in [-0.3, -0.25) is 10.1 Å². The van der Waals surface area contributed by atoms with Crippen LogP contribution in [0.4, 0.5) is 19.4 Å². The summed E-state index contributed by atoms with van der Waals surface area (Å²) in [5, 5.41) is 2.72. The number of amides is 3. The van der Waals surface area contributed by atoms with E-state index in [1.807, 2.05) is 11.8 Å². The van der Waals surface area contributed by atoms with E-state index in [1.165, 1.54) is 6.20 Å². The number of likely N-dealkylation sites (tertiary alicyclic amines) is 1. The molecule has 2 aromatic rings. The molecular formula is C22H28F2N4O2. The molecule has 6 nitrogen and oxygen atoms in total. The Morgan fingerprint density at radius 3 is 2.50 bits per heavy atom. The van der Waals surface area contributed by atoms with Crippen molar-refractivity contribution in [1.82, 2.24) is 14.8 Å². The standard InChI is InChI=1S/C21H24F2N4O2.CH4/c1-3-20(28)27-10-8-16(9-11-27)26(2)21(29)25-19-7-4-14(13-24-19)17-12-15(22)5-6-18(17)23;/h4-7,12-13,16H,3,8-11H2,1-2H3,(H,24,25,29);1H4. The molecule has 0 spiro atoms. The van der Waals surface area contributed by atoms with Crippen LogP contribution in [0.2, 0.25) is 0 Å². The van der Waals surface area contributed by atoms with Crippen LogP contribution in [0, 0.1) is 11.6 Å². The van der Waals surface area contributed by atoms with E-state index in [2.05, 4.69) is 10.3 Å². The summed E-state index contributed by atoms with van der Waals surface area (Å²) in [6.07, 6.45) is 3.33. The Hall–Kier alpha value is -3.03. The number of nitrogens with zero attached hydrogens (tertiary/aromatic N) is 3. The minimum absolute atomic E-state index is 0. The molecule has 0 bridgehead atoms. The lowest BCUT2D eigenvalue weighted by Crippen LogP contribution is -2.48. The van der Waals surface area contributed by atoms with Gasteiger partial charge >= 0.3 is 6.03 Å². The molecule has 8 heteroatoms. The van der Waals surface area contributed by atoms with Crippen LogP contribution < -0.4 is 5.32 Å². The molecule has 1 aliphatic rings. The Morgan fingerprint density at radius 1 is 1.20 bits per heavy atom. The van der Waals surface area contributed by atoms with Gasteiger partial charge in [-0.1, -0.05) is 14.4 Å². The van der Waals surface area contributed by atoms with Crippen molar-refractivity contribution in [1.29, 1.82) is 0 Å². The normalized spacial score (nSPS) is 14.1. The summed E-state index contributed by atoms with van der Waals surface area (Å²) in [5.41, 5.74) is 0.530. The summed E-state index contributed by atoms with van der Waals surface area (Å²) in [4.78, 5) is 31.9. The summed E-state index contributed by atoms with van der Waals surface area (Å²) in [6, 6.07) is 6.09. The van der Waals surface area contributed by atoms with E-state index in [0.717, 1.165) is 31.0 Å². The summed E-state index contributed by atoms with van der Waals surface area (Å²) in [5.74, 6) is -0.625. The van der Waals surface area contributed by atoms with E-state index < -0.39 is 11.6 Å².